The first kappa shape index (κ1) is 18.9. The molecule has 28 heavy (non-hydrogen) atoms. The molecule has 1 aliphatic heterocycles. The molecule has 1 unspecified atom stereocenters. The molecule has 4 nitrogen and oxygen atoms in total. The number of rotatable bonds is 5. The summed E-state index contributed by atoms with van der Waals surface area (Å²) < 4.78 is 0. The maximum Gasteiger partial charge on any atom is 0.263 e. The Labute approximate surface area is 172 Å². The van der Waals surface area contributed by atoms with Crippen molar-refractivity contribution in [2.24, 2.45) is 5.92 Å². The van der Waals surface area contributed by atoms with E-state index in [1.807, 2.05) is 58.1 Å². The topological polar surface area (TPSA) is 49.4 Å². The molecule has 2 amide bonds. The summed E-state index contributed by atoms with van der Waals surface area (Å²) in [6.45, 7) is 1.26. The second-order valence-corrected chi connectivity index (χ2v) is 8.68. The number of thiophene rings is 2. The van der Waals surface area contributed by atoms with Crippen LogP contribution < -0.4 is 5.32 Å². The van der Waals surface area contributed by atoms with Crippen molar-refractivity contribution >= 4 is 34.5 Å². The third-order valence-corrected chi connectivity index (χ3v) is 6.74. The van der Waals surface area contributed by atoms with Crippen LogP contribution in [-0.2, 0) is 4.79 Å². The minimum atomic E-state index is -0.134. The second-order valence-electron chi connectivity index (χ2n) is 6.95. The van der Waals surface area contributed by atoms with Gasteiger partial charge in [0.1, 0.15) is 0 Å². The summed E-state index contributed by atoms with van der Waals surface area (Å²) in [5.41, 5.74) is 2.19. The number of hydrogen-bond acceptors (Lipinski definition) is 4. The molecular formula is C22H22N2O2S2. The van der Waals surface area contributed by atoms with Gasteiger partial charge in [-0.3, -0.25) is 9.59 Å². The molecular weight excluding hydrogens is 388 g/mol. The van der Waals surface area contributed by atoms with E-state index in [0.717, 1.165) is 16.0 Å². The molecule has 0 spiro atoms. The fraction of sp³-hybridized carbons (Fsp3) is 0.273. The first-order valence-electron chi connectivity index (χ1n) is 9.42. The van der Waals surface area contributed by atoms with Crippen molar-refractivity contribution in [3.8, 4) is 0 Å². The van der Waals surface area contributed by atoms with Gasteiger partial charge in [0.05, 0.1) is 10.9 Å². The third kappa shape index (κ3) is 4.18. The number of hydrogen-bond donors (Lipinski definition) is 1. The van der Waals surface area contributed by atoms with Gasteiger partial charge >= 0.3 is 0 Å². The molecule has 0 aliphatic carbocycles. The Bertz CT molecular complexity index is 899. The summed E-state index contributed by atoms with van der Waals surface area (Å²) in [5.74, 6) is 0.0924. The minimum Gasteiger partial charge on any atom is -0.345 e. The Morgan fingerprint density at radius 2 is 1.75 bits per heavy atom. The molecule has 0 radical (unpaired) electrons. The van der Waals surface area contributed by atoms with Crippen LogP contribution in [0.2, 0.25) is 0 Å². The normalized spacial score (nSPS) is 15.9. The Balaban J connectivity index is 1.40. The summed E-state index contributed by atoms with van der Waals surface area (Å²) in [4.78, 5) is 28.1. The van der Waals surface area contributed by atoms with E-state index in [1.54, 1.807) is 11.3 Å². The van der Waals surface area contributed by atoms with E-state index in [9.17, 15) is 9.59 Å². The van der Waals surface area contributed by atoms with E-state index in [-0.39, 0.29) is 23.8 Å². The van der Waals surface area contributed by atoms with Crippen molar-refractivity contribution < 1.29 is 9.59 Å². The van der Waals surface area contributed by atoms with Crippen LogP contribution in [0.1, 0.15) is 39.7 Å². The Hall–Kier alpha value is -2.44. The van der Waals surface area contributed by atoms with Gasteiger partial charge in [0.15, 0.2) is 0 Å². The van der Waals surface area contributed by atoms with Crippen LogP contribution >= 0.6 is 22.7 Å². The second kappa shape index (κ2) is 8.71. The van der Waals surface area contributed by atoms with Crippen LogP contribution in [0.15, 0.2) is 64.7 Å². The molecule has 6 heteroatoms. The first-order valence-corrected chi connectivity index (χ1v) is 11.2. The number of benzene rings is 1. The highest BCUT2D eigenvalue weighted by atomic mass is 32.1. The van der Waals surface area contributed by atoms with Crippen molar-refractivity contribution in [3.05, 3.63) is 80.7 Å². The zero-order chi connectivity index (χ0) is 19.3. The van der Waals surface area contributed by atoms with Crippen molar-refractivity contribution in [2.45, 2.75) is 18.9 Å². The lowest BCUT2D eigenvalue weighted by molar-refractivity contribution is -0.126. The molecule has 1 aromatic carbocycles. The molecule has 0 bridgehead atoms. The minimum absolute atomic E-state index is 0.0581. The Morgan fingerprint density at radius 3 is 2.39 bits per heavy atom. The van der Waals surface area contributed by atoms with Gasteiger partial charge in [-0.05, 0) is 52.2 Å². The fourth-order valence-electron chi connectivity index (χ4n) is 3.60. The van der Waals surface area contributed by atoms with Gasteiger partial charge in [0, 0.05) is 19.0 Å². The van der Waals surface area contributed by atoms with Crippen molar-refractivity contribution in [1.29, 1.82) is 0 Å². The van der Waals surface area contributed by atoms with Gasteiger partial charge < -0.3 is 10.2 Å². The molecule has 144 valence electrons. The maximum absolute atomic E-state index is 13.0. The third-order valence-electron chi connectivity index (χ3n) is 5.18. The highest BCUT2D eigenvalue weighted by Gasteiger charge is 2.29. The van der Waals surface area contributed by atoms with Crippen LogP contribution in [0.3, 0.4) is 0 Å². The monoisotopic (exact) mass is 410 g/mol. The molecule has 1 saturated heterocycles. The summed E-state index contributed by atoms with van der Waals surface area (Å²) in [6.07, 6.45) is 1.40. The van der Waals surface area contributed by atoms with Crippen LogP contribution in [0.4, 0.5) is 0 Å². The predicted octanol–water partition coefficient (Wildman–Crippen LogP) is 4.57. The van der Waals surface area contributed by atoms with Crippen LogP contribution in [-0.4, -0.2) is 29.8 Å². The zero-order valence-electron chi connectivity index (χ0n) is 15.4. The Kier molecular flexibility index (Phi) is 5.88. The Morgan fingerprint density at radius 1 is 0.964 bits per heavy atom. The number of carbonyl (C=O) groups is 2. The highest BCUT2D eigenvalue weighted by Crippen LogP contribution is 2.26. The maximum atomic E-state index is 13.0. The number of nitrogens with zero attached hydrogens (tertiary/aromatic N) is 1. The smallest absolute Gasteiger partial charge is 0.263 e. The van der Waals surface area contributed by atoms with Gasteiger partial charge in [-0.2, -0.15) is 11.3 Å². The van der Waals surface area contributed by atoms with E-state index >= 15 is 0 Å². The van der Waals surface area contributed by atoms with Crippen molar-refractivity contribution in [2.75, 3.05) is 13.1 Å². The van der Waals surface area contributed by atoms with E-state index in [4.69, 9.17) is 0 Å². The fourth-order valence-corrected chi connectivity index (χ4v) is 4.98. The van der Waals surface area contributed by atoms with Crippen molar-refractivity contribution in [1.82, 2.24) is 10.2 Å². The standard InChI is InChI=1S/C22H22N2O2S2/c25-21(17-8-11-24(12-9-17)22(26)19-7-4-13-28-19)23-20(18-10-14-27-15-18)16-5-2-1-3-6-16/h1-7,10,13-15,17,20H,8-9,11-12H2,(H,23,25). The quantitative estimate of drug-likeness (QED) is 0.670. The van der Waals surface area contributed by atoms with Gasteiger partial charge in [-0.25, -0.2) is 0 Å². The molecule has 3 heterocycles. The molecule has 1 aliphatic rings. The summed E-state index contributed by atoms with van der Waals surface area (Å²) >= 11 is 3.10. The summed E-state index contributed by atoms with van der Waals surface area (Å²) in [6, 6.07) is 15.7. The lowest BCUT2D eigenvalue weighted by Gasteiger charge is -2.32. The number of piperidine rings is 1. The number of likely N-dealkylation sites (tertiary alicyclic amines) is 1. The van der Waals surface area contributed by atoms with Gasteiger partial charge in [0.2, 0.25) is 5.91 Å². The molecule has 4 rings (SSSR count). The molecule has 3 aromatic rings. The molecule has 1 fully saturated rings. The van der Waals surface area contributed by atoms with Crippen LogP contribution in [0.5, 0.6) is 0 Å². The molecule has 1 atom stereocenters. The average Bonchev–Trinajstić information content (AvgIpc) is 3.46. The lowest BCUT2D eigenvalue weighted by atomic mass is 9.94. The van der Waals surface area contributed by atoms with Crippen LogP contribution in [0.25, 0.3) is 0 Å². The first-order chi connectivity index (χ1) is 13.7. The average molecular weight is 411 g/mol. The molecule has 1 N–H and O–H groups in total. The predicted molar refractivity (Wildman–Crippen MR) is 114 cm³/mol. The number of nitrogens with one attached hydrogen (secondary N) is 1. The van der Waals surface area contributed by atoms with Crippen LogP contribution in [0, 0.1) is 5.92 Å². The van der Waals surface area contributed by atoms with E-state index in [0.29, 0.717) is 25.9 Å². The molecule has 0 saturated carbocycles. The van der Waals surface area contributed by atoms with E-state index < -0.39 is 0 Å². The van der Waals surface area contributed by atoms with Crippen molar-refractivity contribution in [3.63, 3.8) is 0 Å². The van der Waals surface area contributed by atoms with E-state index in [2.05, 4.69) is 16.8 Å². The zero-order valence-corrected chi connectivity index (χ0v) is 17.0. The van der Waals surface area contributed by atoms with E-state index in [1.165, 1.54) is 11.3 Å². The summed E-state index contributed by atoms with van der Waals surface area (Å²) in [5, 5.41) is 9.28. The van der Waals surface area contributed by atoms with Gasteiger partial charge in [-0.15, -0.1) is 11.3 Å². The lowest BCUT2D eigenvalue weighted by Crippen LogP contribution is -2.43. The molecule has 2 aromatic heterocycles. The highest BCUT2D eigenvalue weighted by molar-refractivity contribution is 7.12. The number of carbonyl (C=O) groups excluding carboxylic acids is 2. The largest absolute Gasteiger partial charge is 0.345 e. The van der Waals surface area contributed by atoms with Gasteiger partial charge in [-0.1, -0.05) is 36.4 Å². The van der Waals surface area contributed by atoms with Gasteiger partial charge in [0.25, 0.3) is 5.91 Å². The SMILES string of the molecule is O=C(NC(c1ccccc1)c1ccsc1)C1CCN(C(=O)c2cccs2)CC1. The summed E-state index contributed by atoms with van der Waals surface area (Å²) in [7, 11) is 0. The number of amides is 2.